The molecule has 0 bridgehead atoms. The van der Waals surface area contributed by atoms with Crippen LogP contribution in [0.3, 0.4) is 0 Å². The first-order chi connectivity index (χ1) is 13.3. The number of anilines is 1. The second-order valence-corrected chi connectivity index (χ2v) is 8.26. The summed E-state index contributed by atoms with van der Waals surface area (Å²) in [5.74, 6) is -1.91. The quantitative estimate of drug-likeness (QED) is 0.760. The first kappa shape index (κ1) is 22.6. The number of pyridine rings is 1. The topological polar surface area (TPSA) is 109 Å². The number of aliphatic carboxylic acids is 1. The van der Waals surface area contributed by atoms with Crippen molar-refractivity contribution in [2.75, 3.05) is 25.0 Å². The van der Waals surface area contributed by atoms with E-state index in [1.807, 2.05) is 31.0 Å². The van der Waals surface area contributed by atoms with Crippen molar-refractivity contribution >= 4 is 21.8 Å². The summed E-state index contributed by atoms with van der Waals surface area (Å²) in [7, 11) is 0.0930. The fourth-order valence-electron chi connectivity index (χ4n) is 2.52. The van der Waals surface area contributed by atoms with Gasteiger partial charge in [-0.2, -0.15) is 17.5 Å². The Kier molecular flexibility index (Phi) is 6.53. The van der Waals surface area contributed by atoms with E-state index in [1.165, 1.54) is 16.8 Å². The third kappa shape index (κ3) is 5.44. The average molecular weight is 435 g/mol. The van der Waals surface area contributed by atoms with Crippen LogP contribution >= 0.6 is 0 Å². The number of aromatic nitrogens is 3. The molecule has 3 heterocycles. The van der Waals surface area contributed by atoms with Crippen molar-refractivity contribution in [3.8, 4) is 0 Å². The van der Waals surface area contributed by atoms with Gasteiger partial charge in [-0.15, -0.1) is 0 Å². The molecule has 0 atom stereocenters. The first-order valence-electron chi connectivity index (χ1n) is 8.28. The van der Waals surface area contributed by atoms with Gasteiger partial charge in [0.2, 0.25) is 0 Å². The van der Waals surface area contributed by atoms with Gasteiger partial charge in [0.25, 0.3) is 10.0 Å². The standard InChI is InChI=1S/C14H19N5O2S.C2HF3O2/c1-11-4-5-12-8-19(7-6-18(3)14(12)16-11)22(20,21)13-9-17(2)10-15-13;3-2(4,5)1(6)7/h4-5,9-10H,6-8H2,1-3H3;(H,6,7). The van der Waals surface area contributed by atoms with Crippen molar-refractivity contribution in [1.82, 2.24) is 18.8 Å². The highest BCUT2D eigenvalue weighted by molar-refractivity contribution is 7.89. The summed E-state index contributed by atoms with van der Waals surface area (Å²) >= 11 is 0. The van der Waals surface area contributed by atoms with Crippen molar-refractivity contribution in [1.29, 1.82) is 0 Å². The van der Waals surface area contributed by atoms with Gasteiger partial charge >= 0.3 is 12.1 Å². The molecule has 0 aromatic carbocycles. The third-order valence-electron chi connectivity index (χ3n) is 4.02. The molecule has 1 N–H and O–H groups in total. The predicted octanol–water partition coefficient (Wildman–Crippen LogP) is 1.40. The number of alkyl halides is 3. The number of hydrogen-bond donors (Lipinski definition) is 1. The Balaban J connectivity index is 0.000000370. The van der Waals surface area contributed by atoms with Gasteiger partial charge in [0.15, 0.2) is 5.03 Å². The van der Waals surface area contributed by atoms with E-state index in [0.29, 0.717) is 19.6 Å². The van der Waals surface area contributed by atoms with Crippen LogP contribution in [0.5, 0.6) is 0 Å². The number of fused-ring (bicyclic) bond motifs is 1. The maximum Gasteiger partial charge on any atom is 0.490 e. The monoisotopic (exact) mass is 435 g/mol. The molecule has 0 amide bonds. The molecule has 1 aliphatic rings. The summed E-state index contributed by atoms with van der Waals surface area (Å²) in [5, 5.41) is 7.21. The zero-order valence-corrected chi connectivity index (χ0v) is 16.7. The van der Waals surface area contributed by atoms with E-state index in [-0.39, 0.29) is 5.03 Å². The van der Waals surface area contributed by atoms with Gasteiger partial charge in [-0.25, -0.2) is 23.2 Å². The second-order valence-electron chi connectivity index (χ2n) is 6.38. The van der Waals surface area contributed by atoms with Crippen LogP contribution in [0.25, 0.3) is 0 Å². The van der Waals surface area contributed by atoms with Crippen molar-refractivity contribution < 1.29 is 31.5 Å². The van der Waals surface area contributed by atoms with Crippen LogP contribution in [0, 0.1) is 6.92 Å². The van der Waals surface area contributed by atoms with Gasteiger partial charge in [0.1, 0.15) is 5.82 Å². The Hall–Kier alpha value is -2.67. The minimum Gasteiger partial charge on any atom is -0.475 e. The van der Waals surface area contributed by atoms with Crippen LogP contribution in [0.2, 0.25) is 0 Å². The number of nitrogens with zero attached hydrogens (tertiary/aromatic N) is 5. The van der Waals surface area contributed by atoms with Crippen molar-refractivity contribution in [2.24, 2.45) is 7.05 Å². The Morgan fingerprint density at radius 2 is 1.83 bits per heavy atom. The Labute approximate surface area is 165 Å². The lowest BCUT2D eigenvalue weighted by molar-refractivity contribution is -0.192. The fourth-order valence-corrected chi connectivity index (χ4v) is 3.90. The van der Waals surface area contributed by atoms with Crippen molar-refractivity contribution in [2.45, 2.75) is 24.7 Å². The molecule has 0 saturated heterocycles. The lowest BCUT2D eigenvalue weighted by Gasteiger charge is -2.19. The molecule has 13 heteroatoms. The summed E-state index contributed by atoms with van der Waals surface area (Å²) in [6, 6.07) is 3.85. The van der Waals surface area contributed by atoms with Crippen molar-refractivity contribution in [3.63, 3.8) is 0 Å². The molecule has 2 aromatic heterocycles. The molecule has 0 saturated carbocycles. The number of rotatable bonds is 2. The highest BCUT2D eigenvalue weighted by atomic mass is 32.2. The van der Waals surface area contributed by atoms with E-state index in [0.717, 1.165) is 17.1 Å². The highest BCUT2D eigenvalue weighted by Gasteiger charge is 2.38. The fraction of sp³-hybridized carbons (Fsp3) is 0.438. The molecule has 9 nitrogen and oxygen atoms in total. The Morgan fingerprint density at radius 3 is 2.34 bits per heavy atom. The zero-order valence-electron chi connectivity index (χ0n) is 15.9. The molecular formula is C16H20F3N5O4S. The molecule has 2 aromatic rings. The summed E-state index contributed by atoms with van der Waals surface area (Å²) in [6.45, 7) is 3.24. The van der Waals surface area contributed by atoms with Gasteiger partial charge in [-0.1, -0.05) is 6.07 Å². The zero-order chi connectivity index (χ0) is 22.0. The average Bonchev–Trinajstić information content (AvgIpc) is 2.98. The van der Waals surface area contributed by atoms with E-state index in [2.05, 4.69) is 9.97 Å². The van der Waals surface area contributed by atoms with Crippen LogP contribution in [0.15, 0.2) is 29.7 Å². The van der Waals surface area contributed by atoms with Crippen LogP contribution in [-0.4, -0.2) is 64.6 Å². The van der Waals surface area contributed by atoms with E-state index in [9.17, 15) is 21.6 Å². The molecular weight excluding hydrogens is 415 g/mol. The Morgan fingerprint density at radius 1 is 1.21 bits per heavy atom. The molecule has 0 spiro atoms. The number of carboxylic acid groups (broad SMARTS) is 1. The molecule has 1 aliphatic heterocycles. The third-order valence-corrected chi connectivity index (χ3v) is 5.75. The highest BCUT2D eigenvalue weighted by Crippen LogP contribution is 2.25. The summed E-state index contributed by atoms with van der Waals surface area (Å²) in [5.41, 5.74) is 1.83. The molecule has 0 unspecified atom stereocenters. The van der Waals surface area contributed by atoms with Crippen molar-refractivity contribution in [3.05, 3.63) is 35.9 Å². The lowest BCUT2D eigenvalue weighted by Crippen LogP contribution is -2.34. The van der Waals surface area contributed by atoms with E-state index >= 15 is 0 Å². The van der Waals surface area contributed by atoms with E-state index in [1.54, 1.807) is 11.6 Å². The second kappa shape index (κ2) is 8.37. The number of likely N-dealkylation sites (N-methyl/N-ethyl adjacent to an activating group) is 1. The van der Waals surface area contributed by atoms with E-state index < -0.39 is 22.2 Å². The first-order valence-corrected chi connectivity index (χ1v) is 9.72. The molecule has 3 rings (SSSR count). The summed E-state index contributed by atoms with van der Waals surface area (Å²) < 4.78 is 60.3. The SMILES string of the molecule is Cc1ccc2c(n1)N(C)CCN(S(=O)(=O)c1cn(C)cn1)C2.O=C(O)C(F)(F)F. The number of sulfonamides is 1. The van der Waals surface area contributed by atoms with Crippen LogP contribution in [0.1, 0.15) is 11.3 Å². The number of hydrogen-bond acceptors (Lipinski definition) is 6. The van der Waals surface area contributed by atoms with Gasteiger partial charge < -0.3 is 14.6 Å². The Bertz CT molecular complexity index is 991. The maximum absolute atomic E-state index is 12.7. The number of halogens is 3. The van der Waals surface area contributed by atoms with Crippen LogP contribution in [0.4, 0.5) is 19.0 Å². The minimum absolute atomic E-state index is 0.0844. The number of imidazole rings is 1. The summed E-state index contributed by atoms with van der Waals surface area (Å²) in [6.07, 6.45) is -2.06. The summed E-state index contributed by atoms with van der Waals surface area (Å²) in [4.78, 5) is 19.4. The molecule has 0 radical (unpaired) electrons. The van der Waals surface area contributed by atoms with Crippen LogP contribution < -0.4 is 4.90 Å². The number of aryl methyl sites for hydroxylation is 2. The molecule has 0 aliphatic carbocycles. The van der Waals surface area contributed by atoms with Gasteiger partial charge in [-0.05, 0) is 13.0 Å². The maximum atomic E-state index is 12.7. The van der Waals surface area contributed by atoms with Gasteiger partial charge in [0, 0.05) is 51.2 Å². The van der Waals surface area contributed by atoms with Gasteiger partial charge in [-0.3, -0.25) is 0 Å². The van der Waals surface area contributed by atoms with E-state index in [4.69, 9.17) is 9.90 Å². The van der Waals surface area contributed by atoms with Gasteiger partial charge in [0.05, 0.1) is 6.33 Å². The molecule has 0 fully saturated rings. The largest absolute Gasteiger partial charge is 0.490 e. The molecule has 160 valence electrons. The lowest BCUT2D eigenvalue weighted by atomic mass is 10.2. The smallest absolute Gasteiger partial charge is 0.475 e. The number of carboxylic acids is 1. The normalized spacial score (nSPS) is 15.2. The molecule has 29 heavy (non-hydrogen) atoms. The van der Waals surface area contributed by atoms with Crippen LogP contribution in [-0.2, 0) is 28.4 Å². The number of carbonyl (C=O) groups is 1. The minimum atomic E-state index is -5.08. The predicted molar refractivity (Wildman–Crippen MR) is 96.7 cm³/mol.